The number of benzene rings is 2. The summed E-state index contributed by atoms with van der Waals surface area (Å²) in [7, 11) is 3.25. The van der Waals surface area contributed by atoms with Crippen LogP contribution in [0.2, 0.25) is 0 Å². The highest BCUT2D eigenvalue weighted by molar-refractivity contribution is 5.62. The fourth-order valence-electron chi connectivity index (χ4n) is 3.57. The molecule has 0 amide bonds. The number of halogens is 1. The first kappa shape index (κ1) is 17.7. The third kappa shape index (κ3) is 3.70. The van der Waals surface area contributed by atoms with Crippen molar-refractivity contribution in [1.29, 1.82) is 0 Å². The third-order valence-corrected chi connectivity index (χ3v) is 5.15. The molecule has 0 atom stereocenters. The zero-order chi connectivity index (χ0) is 18.8. The second kappa shape index (κ2) is 7.47. The molecule has 0 spiro atoms. The summed E-state index contributed by atoms with van der Waals surface area (Å²) in [5.74, 6) is 1.89. The maximum absolute atomic E-state index is 14.9. The molecule has 0 N–H and O–H groups in total. The Hall–Kier alpha value is -2.75. The van der Waals surface area contributed by atoms with Crippen LogP contribution in [0.15, 0.2) is 54.6 Å². The lowest BCUT2D eigenvalue weighted by molar-refractivity contribution is 0.354. The molecule has 1 aromatic heterocycles. The van der Waals surface area contributed by atoms with Crippen LogP contribution < -0.4 is 9.47 Å². The van der Waals surface area contributed by atoms with Gasteiger partial charge in [0.2, 0.25) is 0 Å². The first-order valence-corrected chi connectivity index (χ1v) is 9.34. The summed E-state index contributed by atoms with van der Waals surface area (Å²) < 4.78 is 27.8. The summed E-state index contributed by atoms with van der Waals surface area (Å²) in [6.07, 6.45) is 3.10. The van der Waals surface area contributed by atoms with E-state index in [1.54, 1.807) is 20.3 Å². The maximum atomic E-state index is 14.9. The Morgan fingerprint density at radius 3 is 2.37 bits per heavy atom. The molecule has 27 heavy (non-hydrogen) atoms. The average Bonchev–Trinajstić information content (AvgIpc) is 3.46. The van der Waals surface area contributed by atoms with Crippen molar-refractivity contribution in [3.8, 4) is 22.8 Å². The van der Waals surface area contributed by atoms with Crippen molar-refractivity contribution in [2.24, 2.45) is 5.92 Å². The van der Waals surface area contributed by atoms with Gasteiger partial charge in [0.25, 0.3) is 0 Å². The summed E-state index contributed by atoms with van der Waals surface area (Å²) in [6.45, 7) is 0.872. The molecule has 4 heteroatoms. The smallest absolute Gasteiger partial charge is 0.160 e. The highest BCUT2D eigenvalue weighted by Crippen LogP contribution is 2.36. The van der Waals surface area contributed by atoms with Gasteiger partial charge in [-0.15, -0.1) is 0 Å². The predicted molar refractivity (Wildman–Crippen MR) is 105 cm³/mol. The van der Waals surface area contributed by atoms with Crippen LogP contribution in [0.4, 0.5) is 4.39 Å². The normalized spacial score (nSPS) is 13.6. The molecular formula is C23H24FNO2. The fraction of sp³-hybridized carbons (Fsp3) is 0.304. The topological polar surface area (TPSA) is 23.4 Å². The Morgan fingerprint density at radius 1 is 0.963 bits per heavy atom. The molecule has 0 radical (unpaired) electrons. The van der Waals surface area contributed by atoms with Gasteiger partial charge in [-0.2, -0.15) is 0 Å². The van der Waals surface area contributed by atoms with Gasteiger partial charge >= 0.3 is 0 Å². The van der Waals surface area contributed by atoms with E-state index in [1.807, 2.05) is 48.5 Å². The van der Waals surface area contributed by atoms with Crippen LogP contribution in [0.1, 0.15) is 24.1 Å². The van der Waals surface area contributed by atoms with Crippen molar-refractivity contribution in [2.45, 2.75) is 25.8 Å². The molecule has 1 heterocycles. The minimum atomic E-state index is -0.155. The van der Waals surface area contributed by atoms with Gasteiger partial charge in [0.05, 0.1) is 19.9 Å². The third-order valence-electron chi connectivity index (χ3n) is 5.15. The fourth-order valence-corrected chi connectivity index (χ4v) is 3.57. The first-order chi connectivity index (χ1) is 13.2. The van der Waals surface area contributed by atoms with E-state index in [9.17, 15) is 4.39 Å². The van der Waals surface area contributed by atoms with Gasteiger partial charge in [0.15, 0.2) is 11.5 Å². The van der Waals surface area contributed by atoms with Gasteiger partial charge in [0.1, 0.15) is 5.82 Å². The van der Waals surface area contributed by atoms with Crippen molar-refractivity contribution in [3.05, 3.63) is 71.7 Å². The molecular weight excluding hydrogens is 341 g/mol. The van der Waals surface area contributed by atoms with Gasteiger partial charge < -0.3 is 14.0 Å². The van der Waals surface area contributed by atoms with Crippen molar-refractivity contribution in [1.82, 2.24) is 4.57 Å². The van der Waals surface area contributed by atoms with Crippen LogP contribution in [0, 0.1) is 11.7 Å². The second-order valence-electron chi connectivity index (χ2n) is 7.12. The Balaban J connectivity index is 1.72. The average molecular weight is 365 g/mol. The van der Waals surface area contributed by atoms with Crippen LogP contribution in [0.3, 0.4) is 0 Å². The molecule has 0 aliphatic heterocycles. The molecule has 0 saturated heterocycles. The molecule has 1 saturated carbocycles. The summed E-state index contributed by atoms with van der Waals surface area (Å²) >= 11 is 0. The Labute approximate surface area is 159 Å². The van der Waals surface area contributed by atoms with Crippen molar-refractivity contribution in [2.75, 3.05) is 14.2 Å². The first-order valence-electron chi connectivity index (χ1n) is 9.34. The number of ether oxygens (including phenoxy) is 2. The number of methoxy groups -OCH3 is 2. The zero-order valence-electron chi connectivity index (χ0n) is 15.7. The minimum absolute atomic E-state index is 0.155. The van der Waals surface area contributed by atoms with Crippen molar-refractivity contribution < 1.29 is 13.9 Å². The lowest BCUT2D eigenvalue weighted by Crippen LogP contribution is -2.07. The van der Waals surface area contributed by atoms with Crippen LogP contribution in [-0.4, -0.2) is 18.8 Å². The highest BCUT2D eigenvalue weighted by atomic mass is 19.1. The van der Waals surface area contributed by atoms with Crippen LogP contribution in [-0.2, 0) is 13.0 Å². The van der Waals surface area contributed by atoms with E-state index < -0.39 is 0 Å². The molecule has 3 nitrogen and oxygen atoms in total. The molecule has 0 unspecified atom stereocenters. The summed E-state index contributed by atoms with van der Waals surface area (Å²) in [4.78, 5) is 0. The highest BCUT2D eigenvalue weighted by Gasteiger charge is 2.26. The Kier molecular flexibility index (Phi) is 4.88. The van der Waals surface area contributed by atoms with Crippen LogP contribution in [0.5, 0.6) is 11.5 Å². The SMILES string of the molecule is COc1ccc(Cc2cc(F)c(-c3ccccc3)n2CC2CC2)cc1OC. The van der Waals surface area contributed by atoms with Gasteiger partial charge in [-0.1, -0.05) is 36.4 Å². The number of rotatable bonds is 7. The molecule has 0 bridgehead atoms. The van der Waals surface area contributed by atoms with E-state index in [-0.39, 0.29) is 5.82 Å². The van der Waals surface area contributed by atoms with Crippen LogP contribution >= 0.6 is 0 Å². The van der Waals surface area contributed by atoms with E-state index in [4.69, 9.17) is 9.47 Å². The maximum Gasteiger partial charge on any atom is 0.160 e. The molecule has 2 aromatic carbocycles. The summed E-state index contributed by atoms with van der Waals surface area (Å²) in [5.41, 5.74) is 3.68. The lowest BCUT2D eigenvalue weighted by atomic mass is 10.1. The van der Waals surface area contributed by atoms with E-state index in [0.29, 0.717) is 29.5 Å². The monoisotopic (exact) mass is 365 g/mol. The van der Waals surface area contributed by atoms with E-state index in [1.165, 1.54) is 12.8 Å². The molecule has 1 fully saturated rings. The molecule has 4 rings (SSSR count). The quantitative estimate of drug-likeness (QED) is 0.566. The number of hydrogen-bond acceptors (Lipinski definition) is 2. The van der Waals surface area contributed by atoms with Crippen LogP contribution in [0.25, 0.3) is 11.3 Å². The molecule has 3 aromatic rings. The number of nitrogens with zero attached hydrogens (tertiary/aromatic N) is 1. The summed E-state index contributed by atoms with van der Waals surface area (Å²) in [5, 5.41) is 0. The molecule has 140 valence electrons. The lowest BCUT2D eigenvalue weighted by Gasteiger charge is -2.14. The van der Waals surface area contributed by atoms with Gasteiger partial charge in [-0.05, 0) is 42.5 Å². The van der Waals surface area contributed by atoms with E-state index in [2.05, 4.69) is 4.57 Å². The Morgan fingerprint density at radius 2 is 1.70 bits per heavy atom. The minimum Gasteiger partial charge on any atom is -0.493 e. The zero-order valence-corrected chi connectivity index (χ0v) is 15.7. The van der Waals surface area contributed by atoms with Crippen molar-refractivity contribution in [3.63, 3.8) is 0 Å². The predicted octanol–water partition coefficient (Wildman–Crippen LogP) is 5.31. The van der Waals surface area contributed by atoms with Gasteiger partial charge in [-0.25, -0.2) is 4.39 Å². The number of aromatic nitrogens is 1. The largest absolute Gasteiger partial charge is 0.493 e. The van der Waals surface area contributed by atoms with E-state index in [0.717, 1.165) is 23.4 Å². The standard InChI is InChI=1S/C23H24FNO2/c1-26-21-11-10-17(13-22(21)27-2)12-19-14-20(24)23(18-6-4-3-5-7-18)25(19)15-16-8-9-16/h3-7,10-11,13-14,16H,8-9,12,15H2,1-2H3. The van der Waals surface area contributed by atoms with Crippen molar-refractivity contribution >= 4 is 0 Å². The van der Waals surface area contributed by atoms with E-state index >= 15 is 0 Å². The number of hydrogen-bond donors (Lipinski definition) is 0. The summed E-state index contributed by atoms with van der Waals surface area (Å²) in [6, 6.07) is 17.4. The van der Waals surface area contributed by atoms with Gasteiger partial charge in [0, 0.05) is 24.2 Å². The second-order valence-corrected chi connectivity index (χ2v) is 7.12. The molecule has 1 aliphatic rings. The van der Waals surface area contributed by atoms with Gasteiger partial charge in [-0.3, -0.25) is 0 Å². The Bertz CT molecular complexity index is 929. The molecule has 1 aliphatic carbocycles.